The fourth-order valence-corrected chi connectivity index (χ4v) is 4.50. The number of allylic oxidation sites excluding steroid dienone is 1. The highest BCUT2D eigenvalue weighted by atomic mass is 16.7. The minimum absolute atomic E-state index is 0.322. The molecule has 0 N–H and O–H groups in total. The Kier molecular flexibility index (Phi) is 12.0. The largest absolute Gasteiger partial charge is 0.493 e. The highest BCUT2D eigenvalue weighted by molar-refractivity contribution is 5.90. The Balaban J connectivity index is 1.69. The maximum Gasteiger partial charge on any atom is 0.336 e. The van der Waals surface area contributed by atoms with Crippen molar-refractivity contribution in [3.05, 3.63) is 65.2 Å². The molecule has 2 aromatic carbocycles. The number of unbranched alkanes of at least 4 members (excludes halogenated alkanes) is 7. The van der Waals surface area contributed by atoms with Crippen LogP contribution in [0, 0.1) is 11.3 Å². The van der Waals surface area contributed by atoms with Crippen molar-refractivity contribution in [1.82, 2.24) is 0 Å². The van der Waals surface area contributed by atoms with Crippen LogP contribution in [0.2, 0.25) is 0 Å². The first-order valence-electron chi connectivity index (χ1n) is 14.0. The van der Waals surface area contributed by atoms with Gasteiger partial charge in [-0.2, -0.15) is 5.26 Å². The zero-order valence-electron chi connectivity index (χ0n) is 23.6. The molecule has 0 aromatic heterocycles. The standard InChI is InChI=1S/C33H41NO5/c1-5-6-7-8-9-10-11-12-13-32(39-33(35)24(2)3)38-29-17-16-27(22-31(29)36-4)28(23-34)20-25-14-15-26-18-19-37-30(26)21-25/h14-17,20-22,32H,2,5-13,18-19H2,1,3-4H3/b28-20+. The summed E-state index contributed by atoms with van der Waals surface area (Å²) in [6.07, 6.45) is 12.0. The van der Waals surface area contributed by atoms with E-state index in [1.165, 1.54) is 37.7 Å². The minimum atomic E-state index is -0.758. The van der Waals surface area contributed by atoms with Crippen molar-refractivity contribution in [2.75, 3.05) is 13.7 Å². The van der Waals surface area contributed by atoms with Crippen molar-refractivity contribution in [3.8, 4) is 23.3 Å². The van der Waals surface area contributed by atoms with Gasteiger partial charge in [-0.15, -0.1) is 0 Å². The zero-order valence-corrected chi connectivity index (χ0v) is 23.6. The van der Waals surface area contributed by atoms with E-state index < -0.39 is 12.3 Å². The van der Waals surface area contributed by atoms with E-state index in [4.69, 9.17) is 18.9 Å². The van der Waals surface area contributed by atoms with E-state index in [0.29, 0.717) is 41.2 Å². The molecule has 0 saturated heterocycles. The summed E-state index contributed by atoms with van der Waals surface area (Å²) in [4.78, 5) is 12.3. The molecule has 0 aliphatic carbocycles. The Morgan fingerprint density at radius 2 is 1.82 bits per heavy atom. The molecule has 1 atom stereocenters. The summed E-state index contributed by atoms with van der Waals surface area (Å²) in [6, 6.07) is 13.6. The fraction of sp³-hybridized carbons (Fsp3) is 0.455. The van der Waals surface area contributed by atoms with Gasteiger partial charge < -0.3 is 18.9 Å². The Bertz CT molecular complexity index is 1190. The maximum absolute atomic E-state index is 12.3. The number of hydrogen-bond acceptors (Lipinski definition) is 6. The third-order valence-corrected chi connectivity index (χ3v) is 6.77. The highest BCUT2D eigenvalue weighted by Crippen LogP contribution is 2.34. The Morgan fingerprint density at radius 3 is 2.51 bits per heavy atom. The van der Waals surface area contributed by atoms with Crippen molar-refractivity contribution in [1.29, 1.82) is 5.26 Å². The van der Waals surface area contributed by atoms with E-state index in [1.807, 2.05) is 30.3 Å². The minimum Gasteiger partial charge on any atom is -0.493 e. The summed E-state index contributed by atoms with van der Waals surface area (Å²) in [7, 11) is 1.55. The van der Waals surface area contributed by atoms with Crippen LogP contribution in [0.3, 0.4) is 0 Å². The van der Waals surface area contributed by atoms with E-state index in [1.54, 1.807) is 26.2 Å². The van der Waals surface area contributed by atoms with Crippen LogP contribution >= 0.6 is 0 Å². The molecule has 0 amide bonds. The van der Waals surface area contributed by atoms with Crippen molar-refractivity contribution < 1.29 is 23.7 Å². The second kappa shape index (κ2) is 15.6. The van der Waals surface area contributed by atoms with Crippen LogP contribution in [0.15, 0.2) is 48.6 Å². The molecule has 0 spiro atoms. The second-order valence-electron chi connectivity index (χ2n) is 10.00. The Hall–Kier alpha value is -3.72. The SMILES string of the molecule is C=C(C)C(=O)OC(CCCCCCCCCC)Oc1ccc(/C(C#N)=C/c2ccc3c(c2)OCC3)cc1OC. The maximum atomic E-state index is 12.3. The van der Waals surface area contributed by atoms with E-state index in [-0.39, 0.29) is 0 Å². The molecule has 6 heteroatoms. The smallest absolute Gasteiger partial charge is 0.336 e. The molecular weight excluding hydrogens is 490 g/mol. The van der Waals surface area contributed by atoms with Gasteiger partial charge in [-0.3, -0.25) is 0 Å². The quantitative estimate of drug-likeness (QED) is 0.0544. The number of carbonyl (C=O) groups excluding carboxylic acids is 1. The van der Waals surface area contributed by atoms with Crippen molar-refractivity contribution in [2.45, 2.75) is 84.3 Å². The van der Waals surface area contributed by atoms with E-state index in [0.717, 1.165) is 37.0 Å². The van der Waals surface area contributed by atoms with Crippen molar-refractivity contribution in [2.24, 2.45) is 0 Å². The van der Waals surface area contributed by atoms with E-state index >= 15 is 0 Å². The molecule has 2 aromatic rings. The molecular formula is C33H41NO5. The van der Waals surface area contributed by atoms with Gasteiger partial charge in [0.15, 0.2) is 11.5 Å². The van der Waals surface area contributed by atoms with Gasteiger partial charge in [0.1, 0.15) is 5.75 Å². The fourth-order valence-electron chi connectivity index (χ4n) is 4.50. The molecule has 39 heavy (non-hydrogen) atoms. The van der Waals surface area contributed by atoms with Gasteiger partial charge in [-0.05, 0) is 60.4 Å². The second-order valence-corrected chi connectivity index (χ2v) is 10.00. The zero-order chi connectivity index (χ0) is 28.0. The lowest BCUT2D eigenvalue weighted by molar-refractivity contribution is -0.159. The lowest BCUT2D eigenvalue weighted by atomic mass is 10.0. The van der Waals surface area contributed by atoms with Gasteiger partial charge in [-0.1, -0.05) is 70.6 Å². The molecule has 0 fully saturated rings. The van der Waals surface area contributed by atoms with Crippen molar-refractivity contribution in [3.63, 3.8) is 0 Å². The average Bonchev–Trinajstić information content (AvgIpc) is 3.41. The van der Waals surface area contributed by atoms with Gasteiger partial charge >= 0.3 is 5.97 Å². The molecule has 6 nitrogen and oxygen atoms in total. The third-order valence-electron chi connectivity index (χ3n) is 6.77. The Labute approximate surface area is 233 Å². The molecule has 1 unspecified atom stereocenters. The van der Waals surface area contributed by atoms with Crippen LogP contribution in [-0.2, 0) is 16.0 Å². The Morgan fingerprint density at radius 1 is 1.08 bits per heavy atom. The number of rotatable bonds is 16. The normalized spacial score (nSPS) is 13.1. The molecule has 0 bridgehead atoms. The summed E-state index contributed by atoms with van der Waals surface area (Å²) in [5, 5.41) is 9.88. The number of benzene rings is 2. The van der Waals surface area contributed by atoms with Gasteiger partial charge in [0, 0.05) is 18.4 Å². The lowest BCUT2D eigenvalue weighted by Gasteiger charge is -2.21. The van der Waals surface area contributed by atoms with E-state index in [9.17, 15) is 10.1 Å². The predicted molar refractivity (Wildman–Crippen MR) is 155 cm³/mol. The summed E-state index contributed by atoms with van der Waals surface area (Å²) in [6.45, 7) is 8.22. The number of nitriles is 1. The first-order valence-corrected chi connectivity index (χ1v) is 14.0. The number of fused-ring (bicyclic) bond motifs is 1. The van der Waals surface area contributed by atoms with Crippen LogP contribution in [0.25, 0.3) is 11.6 Å². The van der Waals surface area contributed by atoms with Crippen LogP contribution < -0.4 is 14.2 Å². The number of nitrogens with zero attached hydrogens (tertiary/aromatic N) is 1. The molecule has 208 valence electrons. The van der Waals surface area contributed by atoms with Crippen LogP contribution in [0.4, 0.5) is 0 Å². The van der Waals surface area contributed by atoms with Gasteiger partial charge in [0.2, 0.25) is 6.29 Å². The predicted octanol–water partition coefficient (Wildman–Crippen LogP) is 8.05. The first-order chi connectivity index (χ1) is 18.9. The van der Waals surface area contributed by atoms with Gasteiger partial charge in [0.05, 0.1) is 25.4 Å². The van der Waals surface area contributed by atoms with Crippen LogP contribution in [0.1, 0.15) is 88.3 Å². The summed E-state index contributed by atoms with van der Waals surface area (Å²) in [5.74, 6) is 1.29. The molecule has 1 aliphatic heterocycles. The first kappa shape index (κ1) is 29.8. The van der Waals surface area contributed by atoms with E-state index in [2.05, 4.69) is 19.6 Å². The number of hydrogen-bond donors (Lipinski definition) is 0. The number of methoxy groups -OCH3 is 1. The number of ether oxygens (including phenoxy) is 4. The third kappa shape index (κ3) is 9.21. The van der Waals surface area contributed by atoms with Crippen LogP contribution in [0.5, 0.6) is 17.2 Å². The molecule has 1 aliphatic rings. The highest BCUT2D eigenvalue weighted by Gasteiger charge is 2.19. The topological polar surface area (TPSA) is 77.8 Å². The monoisotopic (exact) mass is 531 g/mol. The summed E-state index contributed by atoms with van der Waals surface area (Å²) < 4.78 is 23.0. The van der Waals surface area contributed by atoms with Crippen LogP contribution in [-0.4, -0.2) is 26.0 Å². The van der Waals surface area contributed by atoms with Gasteiger partial charge in [0.25, 0.3) is 0 Å². The van der Waals surface area contributed by atoms with Gasteiger partial charge in [-0.25, -0.2) is 4.79 Å². The molecule has 0 radical (unpaired) electrons. The summed E-state index contributed by atoms with van der Waals surface area (Å²) in [5.41, 5.74) is 3.58. The molecule has 0 saturated carbocycles. The lowest BCUT2D eigenvalue weighted by Crippen LogP contribution is -2.25. The average molecular weight is 532 g/mol. The summed E-state index contributed by atoms with van der Waals surface area (Å²) >= 11 is 0. The number of carbonyl (C=O) groups is 1. The van der Waals surface area contributed by atoms with Crippen molar-refractivity contribution >= 4 is 17.6 Å². The number of esters is 1. The molecule has 1 heterocycles. The molecule has 3 rings (SSSR count).